The molecule has 0 saturated carbocycles. The number of fused-ring (bicyclic) bond motifs is 1. The first-order chi connectivity index (χ1) is 11.3. The van der Waals surface area contributed by atoms with Gasteiger partial charge in [0, 0.05) is 32.7 Å². The van der Waals surface area contributed by atoms with E-state index in [0.29, 0.717) is 12.6 Å². The fraction of sp³-hybridized carbons (Fsp3) is 0.400. The first-order valence-electron chi connectivity index (χ1n) is 7.55. The normalized spacial score (nSPS) is 17.5. The number of nitrogens with one attached hydrogen (secondary N) is 1. The first-order valence-corrected chi connectivity index (χ1v) is 7.55. The largest absolute Gasteiger partial charge is 0.454 e. The van der Waals surface area contributed by atoms with Crippen LogP contribution in [0.5, 0.6) is 11.5 Å². The molecule has 2 aliphatic rings. The Labute approximate surface area is 132 Å². The van der Waals surface area contributed by atoms with Crippen LogP contribution in [-0.2, 0) is 6.54 Å². The van der Waals surface area contributed by atoms with Crippen LogP contribution < -0.4 is 20.1 Å². The topological polar surface area (TPSA) is 83.6 Å². The number of piperazine rings is 1. The molecule has 23 heavy (non-hydrogen) atoms. The highest BCUT2D eigenvalue weighted by atomic mass is 16.7. The van der Waals surface area contributed by atoms with E-state index in [0.717, 1.165) is 44.2 Å². The zero-order valence-corrected chi connectivity index (χ0v) is 12.6. The lowest BCUT2D eigenvalue weighted by molar-refractivity contribution is 0.174. The van der Waals surface area contributed by atoms with Crippen molar-refractivity contribution in [2.75, 3.05) is 37.9 Å². The molecule has 0 bridgehead atoms. The summed E-state index contributed by atoms with van der Waals surface area (Å²) in [6, 6.07) is 6.07. The van der Waals surface area contributed by atoms with Crippen LogP contribution in [0.2, 0.25) is 0 Å². The number of rotatable bonds is 3. The van der Waals surface area contributed by atoms with Crippen molar-refractivity contribution in [1.82, 2.24) is 20.1 Å². The number of hydrogen-bond donors (Lipinski definition) is 1. The molecule has 0 amide bonds. The lowest BCUT2D eigenvalue weighted by Crippen LogP contribution is -2.46. The molecule has 0 aliphatic carbocycles. The fourth-order valence-corrected chi connectivity index (χ4v) is 2.89. The molecule has 1 aromatic heterocycles. The maximum absolute atomic E-state index is 11.2. The Balaban J connectivity index is 1.37. The highest BCUT2D eigenvalue weighted by Gasteiger charge is 2.20. The van der Waals surface area contributed by atoms with E-state index in [1.54, 1.807) is 6.20 Å². The minimum atomic E-state index is -0.412. The molecular weight excluding hydrogens is 298 g/mol. The fourth-order valence-electron chi connectivity index (χ4n) is 2.89. The Morgan fingerprint density at radius 2 is 1.96 bits per heavy atom. The van der Waals surface area contributed by atoms with Gasteiger partial charge in [-0.05, 0) is 17.7 Å². The third-order valence-corrected chi connectivity index (χ3v) is 4.10. The van der Waals surface area contributed by atoms with E-state index in [1.807, 2.05) is 12.1 Å². The van der Waals surface area contributed by atoms with E-state index in [9.17, 15) is 4.79 Å². The number of aromatic amines is 1. The van der Waals surface area contributed by atoms with Crippen LogP contribution in [0.25, 0.3) is 0 Å². The van der Waals surface area contributed by atoms with Crippen molar-refractivity contribution in [2.45, 2.75) is 6.54 Å². The van der Waals surface area contributed by atoms with Crippen molar-refractivity contribution in [3.8, 4) is 11.5 Å². The van der Waals surface area contributed by atoms with E-state index < -0.39 is 5.69 Å². The molecule has 2 aromatic rings. The summed E-state index contributed by atoms with van der Waals surface area (Å²) < 4.78 is 10.8. The van der Waals surface area contributed by atoms with Gasteiger partial charge in [0.25, 0.3) is 0 Å². The standard InChI is InChI=1S/C15H17N5O3/c21-15-17-14(8-16-18-15)20-5-3-19(4-6-20)9-11-1-2-12-13(7-11)23-10-22-12/h1-2,7-8H,3-6,9-10H2,(H,17,18,21). The van der Waals surface area contributed by atoms with Crippen molar-refractivity contribution in [3.05, 3.63) is 40.4 Å². The molecule has 1 N–H and O–H groups in total. The zero-order chi connectivity index (χ0) is 15.6. The molecule has 1 saturated heterocycles. The number of anilines is 1. The molecule has 8 nitrogen and oxygen atoms in total. The van der Waals surface area contributed by atoms with Crippen LogP contribution in [-0.4, -0.2) is 53.1 Å². The number of hydrogen-bond acceptors (Lipinski definition) is 7. The zero-order valence-electron chi connectivity index (χ0n) is 12.6. The van der Waals surface area contributed by atoms with Crippen molar-refractivity contribution in [2.24, 2.45) is 0 Å². The number of aromatic nitrogens is 3. The second kappa shape index (κ2) is 5.88. The van der Waals surface area contributed by atoms with Crippen molar-refractivity contribution in [3.63, 3.8) is 0 Å². The third kappa shape index (κ3) is 2.98. The molecule has 0 unspecified atom stereocenters. The molecule has 0 spiro atoms. The molecule has 2 aliphatic heterocycles. The molecule has 0 atom stereocenters. The van der Waals surface area contributed by atoms with Crippen LogP contribution in [0.4, 0.5) is 5.82 Å². The Kier molecular flexibility index (Phi) is 3.58. The van der Waals surface area contributed by atoms with E-state index >= 15 is 0 Å². The van der Waals surface area contributed by atoms with E-state index in [4.69, 9.17) is 9.47 Å². The summed E-state index contributed by atoms with van der Waals surface area (Å²) in [5, 5.41) is 6.10. The molecule has 0 radical (unpaired) electrons. The number of H-pyrrole nitrogens is 1. The summed E-state index contributed by atoms with van der Waals surface area (Å²) >= 11 is 0. The van der Waals surface area contributed by atoms with Gasteiger partial charge in [0.05, 0.1) is 6.20 Å². The lowest BCUT2D eigenvalue weighted by Gasteiger charge is -2.35. The number of benzene rings is 1. The summed E-state index contributed by atoms with van der Waals surface area (Å²) in [5.74, 6) is 2.27. The maximum atomic E-state index is 11.2. The van der Waals surface area contributed by atoms with Crippen LogP contribution in [0.3, 0.4) is 0 Å². The van der Waals surface area contributed by atoms with Gasteiger partial charge in [-0.25, -0.2) is 9.89 Å². The summed E-state index contributed by atoms with van der Waals surface area (Å²) in [5.41, 5.74) is 0.795. The van der Waals surface area contributed by atoms with Crippen LogP contribution in [0.1, 0.15) is 5.56 Å². The maximum Gasteiger partial charge on any atom is 0.363 e. The van der Waals surface area contributed by atoms with Crippen LogP contribution >= 0.6 is 0 Å². The predicted octanol–water partition coefficient (Wildman–Crippen LogP) is 0.216. The van der Waals surface area contributed by atoms with Crippen molar-refractivity contribution < 1.29 is 9.47 Å². The van der Waals surface area contributed by atoms with E-state index in [2.05, 4.69) is 31.0 Å². The van der Waals surface area contributed by atoms with Gasteiger partial charge in [-0.15, -0.1) is 0 Å². The summed E-state index contributed by atoms with van der Waals surface area (Å²) in [4.78, 5) is 19.6. The van der Waals surface area contributed by atoms with E-state index in [-0.39, 0.29) is 0 Å². The summed E-state index contributed by atoms with van der Waals surface area (Å²) in [6.07, 6.45) is 1.59. The van der Waals surface area contributed by atoms with E-state index in [1.165, 1.54) is 5.56 Å². The lowest BCUT2D eigenvalue weighted by atomic mass is 10.1. The Bertz CT molecular complexity index is 755. The average Bonchev–Trinajstić information content (AvgIpc) is 3.03. The SMILES string of the molecule is O=c1nc(N2CCN(Cc3ccc4c(c3)OCO4)CC2)cn[nH]1. The first kappa shape index (κ1) is 14.0. The average molecular weight is 315 g/mol. The van der Waals surface area contributed by atoms with Crippen LogP contribution in [0, 0.1) is 0 Å². The quantitative estimate of drug-likeness (QED) is 0.867. The molecular formula is C15H17N5O3. The number of nitrogens with zero attached hydrogens (tertiary/aromatic N) is 4. The summed E-state index contributed by atoms with van der Waals surface area (Å²) in [7, 11) is 0. The minimum Gasteiger partial charge on any atom is -0.454 e. The predicted molar refractivity (Wildman–Crippen MR) is 82.7 cm³/mol. The van der Waals surface area contributed by atoms with Crippen LogP contribution in [0.15, 0.2) is 29.2 Å². The van der Waals surface area contributed by atoms with Gasteiger partial charge in [-0.3, -0.25) is 4.90 Å². The van der Waals surface area contributed by atoms with Gasteiger partial charge in [0.2, 0.25) is 6.79 Å². The Hall–Kier alpha value is -2.61. The molecule has 4 rings (SSSR count). The number of ether oxygens (including phenoxy) is 2. The van der Waals surface area contributed by atoms with Gasteiger partial charge in [-0.2, -0.15) is 10.1 Å². The molecule has 8 heteroatoms. The third-order valence-electron chi connectivity index (χ3n) is 4.10. The Morgan fingerprint density at radius 1 is 1.13 bits per heavy atom. The smallest absolute Gasteiger partial charge is 0.363 e. The van der Waals surface area contributed by atoms with Gasteiger partial charge in [-0.1, -0.05) is 6.07 Å². The second-order valence-corrected chi connectivity index (χ2v) is 5.60. The monoisotopic (exact) mass is 315 g/mol. The molecule has 120 valence electrons. The van der Waals surface area contributed by atoms with Crippen molar-refractivity contribution in [1.29, 1.82) is 0 Å². The van der Waals surface area contributed by atoms with Crippen molar-refractivity contribution >= 4 is 5.82 Å². The Morgan fingerprint density at radius 3 is 2.78 bits per heavy atom. The second-order valence-electron chi connectivity index (χ2n) is 5.60. The van der Waals surface area contributed by atoms with Gasteiger partial charge >= 0.3 is 5.69 Å². The highest BCUT2D eigenvalue weighted by molar-refractivity contribution is 5.44. The van der Waals surface area contributed by atoms with Gasteiger partial charge in [0.1, 0.15) is 0 Å². The highest BCUT2D eigenvalue weighted by Crippen LogP contribution is 2.32. The molecule has 1 aromatic carbocycles. The molecule has 3 heterocycles. The minimum absolute atomic E-state index is 0.300. The van der Waals surface area contributed by atoms with Gasteiger partial charge < -0.3 is 14.4 Å². The molecule has 1 fully saturated rings. The van der Waals surface area contributed by atoms with Gasteiger partial charge in [0.15, 0.2) is 17.3 Å². The summed E-state index contributed by atoms with van der Waals surface area (Å²) in [6.45, 7) is 4.62.